The van der Waals surface area contributed by atoms with E-state index in [9.17, 15) is 18.4 Å². The van der Waals surface area contributed by atoms with Gasteiger partial charge in [0.2, 0.25) is 5.91 Å². The largest absolute Gasteiger partial charge is 0.434 e. The van der Waals surface area contributed by atoms with Crippen molar-refractivity contribution in [2.24, 2.45) is 0 Å². The molecule has 2 N–H and O–H groups in total. The van der Waals surface area contributed by atoms with Gasteiger partial charge in [0.1, 0.15) is 5.75 Å². The first-order valence-corrected chi connectivity index (χ1v) is 8.89. The molecule has 0 aliphatic carbocycles. The van der Waals surface area contributed by atoms with Gasteiger partial charge < -0.3 is 20.3 Å². The third-order valence-corrected chi connectivity index (χ3v) is 4.59. The Bertz CT molecular complexity index is 841. The van der Waals surface area contributed by atoms with Crippen molar-refractivity contribution >= 4 is 29.9 Å². The standard InChI is InChI=1S/C20H21F2N3O3.ClH/c21-20(22)28-17-4-2-1-3-16(17)19(27)25-11-9-24(10-12-25)18(26)13-14-5-7-15(23)8-6-14;/h1-8,20H,9-13,23H2;1H. The zero-order valence-corrected chi connectivity index (χ0v) is 16.4. The van der Waals surface area contributed by atoms with Crippen LogP contribution in [0.2, 0.25) is 0 Å². The molecule has 9 heteroatoms. The van der Waals surface area contributed by atoms with Crippen LogP contribution in [0.3, 0.4) is 0 Å². The Morgan fingerprint density at radius 2 is 1.55 bits per heavy atom. The number of piperazine rings is 1. The second-order valence-corrected chi connectivity index (χ2v) is 6.47. The van der Waals surface area contributed by atoms with Gasteiger partial charge in [-0.1, -0.05) is 24.3 Å². The second kappa shape index (κ2) is 10.1. The molecular weight excluding hydrogens is 404 g/mol. The van der Waals surface area contributed by atoms with Crippen LogP contribution in [-0.2, 0) is 11.2 Å². The lowest BCUT2D eigenvalue weighted by Crippen LogP contribution is -2.51. The summed E-state index contributed by atoms with van der Waals surface area (Å²) in [4.78, 5) is 28.4. The van der Waals surface area contributed by atoms with Crippen LogP contribution < -0.4 is 10.5 Å². The van der Waals surface area contributed by atoms with E-state index in [4.69, 9.17) is 5.73 Å². The number of alkyl halides is 2. The summed E-state index contributed by atoms with van der Waals surface area (Å²) in [6.07, 6.45) is 0.263. The predicted octanol–water partition coefficient (Wildman–Crippen LogP) is 2.82. The third-order valence-electron chi connectivity index (χ3n) is 4.59. The summed E-state index contributed by atoms with van der Waals surface area (Å²) in [6, 6.07) is 13.0. The smallest absolute Gasteiger partial charge is 0.387 e. The fourth-order valence-electron chi connectivity index (χ4n) is 3.09. The number of carbonyl (C=O) groups is 2. The first-order chi connectivity index (χ1) is 13.4. The lowest BCUT2D eigenvalue weighted by Gasteiger charge is -2.35. The van der Waals surface area contributed by atoms with E-state index in [-0.39, 0.29) is 42.0 Å². The lowest BCUT2D eigenvalue weighted by atomic mass is 10.1. The van der Waals surface area contributed by atoms with Gasteiger partial charge in [0.15, 0.2) is 0 Å². The average Bonchev–Trinajstić information content (AvgIpc) is 2.69. The zero-order valence-electron chi connectivity index (χ0n) is 15.6. The molecule has 2 aromatic carbocycles. The molecule has 2 amide bonds. The topological polar surface area (TPSA) is 75.9 Å². The molecule has 1 heterocycles. The number of para-hydroxylation sites is 1. The van der Waals surface area contributed by atoms with Crippen LogP contribution in [-0.4, -0.2) is 54.4 Å². The molecule has 3 rings (SSSR count). The molecule has 0 radical (unpaired) electrons. The summed E-state index contributed by atoms with van der Waals surface area (Å²) in [5.41, 5.74) is 7.24. The molecule has 0 unspecified atom stereocenters. The number of benzene rings is 2. The van der Waals surface area contributed by atoms with E-state index in [2.05, 4.69) is 4.74 Å². The van der Waals surface area contributed by atoms with Gasteiger partial charge in [0.25, 0.3) is 5.91 Å². The monoisotopic (exact) mass is 425 g/mol. The second-order valence-electron chi connectivity index (χ2n) is 6.47. The van der Waals surface area contributed by atoms with Crippen molar-refractivity contribution in [3.8, 4) is 5.75 Å². The molecule has 1 aliphatic rings. The number of rotatable bonds is 5. The van der Waals surface area contributed by atoms with Gasteiger partial charge in [-0.15, -0.1) is 12.4 Å². The van der Waals surface area contributed by atoms with E-state index < -0.39 is 6.61 Å². The van der Waals surface area contributed by atoms with Gasteiger partial charge >= 0.3 is 6.61 Å². The van der Waals surface area contributed by atoms with E-state index >= 15 is 0 Å². The number of anilines is 1. The summed E-state index contributed by atoms with van der Waals surface area (Å²) >= 11 is 0. The Balaban J connectivity index is 0.00000300. The van der Waals surface area contributed by atoms with Gasteiger partial charge in [0, 0.05) is 31.9 Å². The van der Waals surface area contributed by atoms with Crippen molar-refractivity contribution < 1.29 is 23.1 Å². The molecule has 2 aromatic rings. The Morgan fingerprint density at radius 1 is 0.966 bits per heavy atom. The molecule has 1 aliphatic heterocycles. The Morgan fingerprint density at radius 3 is 2.17 bits per heavy atom. The van der Waals surface area contributed by atoms with Crippen LogP contribution in [0.25, 0.3) is 0 Å². The van der Waals surface area contributed by atoms with Crippen molar-refractivity contribution in [2.45, 2.75) is 13.0 Å². The number of hydrogen-bond donors (Lipinski definition) is 1. The van der Waals surface area contributed by atoms with Gasteiger partial charge in [-0.25, -0.2) is 0 Å². The predicted molar refractivity (Wildman–Crippen MR) is 107 cm³/mol. The summed E-state index contributed by atoms with van der Waals surface area (Å²) in [5.74, 6) is -0.565. The number of amides is 2. The zero-order chi connectivity index (χ0) is 20.1. The van der Waals surface area contributed by atoms with Gasteiger partial charge in [-0.05, 0) is 29.8 Å². The quantitative estimate of drug-likeness (QED) is 0.747. The summed E-state index contributed by atoms with van der Waals surface area (Å²) in [6.45, 7) is -1.57. The highest BCUT2D eigenvalue weighted by molar-refractivity contribution is 5.97. The Hall–Kier alpha value is -2.87. The van der Waals surface area contributed by atoms with Crippen molar-refractivity contribution in [2.75, 3.05) is 31.9 Å². The maximum atomic E-state index is 12.7. The highest BCUT2D eigenvalue weighted by atomic mass is 35.5. The number of ether oxygens (including phenoxy) is 1. The van der Waals surface area contributed by atoms with Crippen LogP contribution >= 0.6 is 12.4 Å². The fraction of sp³-hybridized carbons (Fsp3) is 0.300. The highest BCUT2D eigenvalue weighted by Gasteiger charge is 2.26. The van der Waals surface area contributed by atoms with Crippen LogP contribution in [0, 0.1) is 0 Å². The molecule has 1 fully saturated rings. The maximum absolute atomic E-state index is 12.7. The number of nitrogens with zero attached hydrogens (tertiary/aromatic N) is 2. The van der Waals surface area contributed by atoms with Crippen molar-refractivity contribution in [3.05, 3.63) is 59.7 Å². The Labute approximate surface area is 173 Å². The molecule has 0 bridgehead atoms. The van der Waals surface area contributed by atoms with Crippen LogP contribution in [0.15, 0.2) is 48.5 Å². The number of halogens is 3. The summed E-state index contributed by atoms with van der Waals surface area (Å²) in [7, 11) is 0. The molecule has 29 heavy (non-hydrogen) atoms. The molecule has 0 aromatic heterocycles. The number of nitrogen functional groups attached to an aromatic ring is 1. The first-order valence-electron chi connectivity index (χ1n) is 8.89. The molecule has 1 saturated heterocycles. The molecule has 0 atom stereocenters. The van der Waals surface area contributed by atoms with Crippen molar-refractivity contribution in [1.82, 2.24) is 9.80 Å². The average molecular weight is 426 g/mol. The van der Waals surface area contributed by atoms with E-state index in [1.54, 1.807) is 28.0 Å². The molecular formula is C20H22ClF2N3O3. The highest BCUT2D eigenvalue weighted by Crippen LogP contribution is 2.22. The molecule has 0 spiro atoms. The minimum absolute atomic E-state index is 0. The minimum Gasteiger partial charge on any atom is -0.434 e. The van der Waals surface area contributed by atoms with Crippen molar-refractivity contribution in [3.63, 3.8) is 0 Å². The minimum atomic E-state index is -3.00. The molecule has 6 nitrogen and oxygen atoms in total. The normalized spacial score (nSPS) is 13.8. The van der Waals surface area contributed by atoms with E-state index in [0.717, 1.165) is 5.56 Å². The first kappa shape index (κ1) is 22.4. The third kappa shape index (κ3) is 5.80. The number of carbonyl (C=O) groups excluding carboxylic acids is 2. The summed E-state index contributed by atoms with van der Waals surface area (Å²) < 4.78 is 29.5. The van der Waals surface area contributed by atoms with Gasteiger partial charge in [-0.2, -0.15) is 8.78 Å². The number of nitrogens with two attached hydrogens (primary N) is 1. The fourth-order valence-corrected chi connectivity index (χ4v) is 3.09. The van der Waals surface area contributed by atoms with Gasteiger partial charge in [-0.3, -0.25) is 9.59 Å². The van der Waals surface area contributed by atoms with Crippen molar-refractivity contribution in [1.29, 1.82) is 0 Å². The maximum Gasteiger partial charge on any atom is 0.387 e. The molecule has 156 valence electrons. The number of hydrogen-bond acceptors (Lipinski definition) is 4. The molecule has 0 saturated carbocycles. The van der Waals surface area contributed by atoms with E-state index in [0.29, 0.717) is 31.9 Å². The van der Waals surface area contributed by atoms with Crippen LogP contribution in [0.5, 0.6) is 5.75 Å². The van der Waals surface area contributed by atoms with E-state index in [1.165, 1.54) is 18.2 Å². The van der Waals surface area contributed by atoms with E-state index in [1.807, 2.05) is 12.1 Å². The Kier molecular flexibility index (Phi) is 7.78. The SMILES string of the molecule is Cl.Nc1ccc(CC(=O)N2CCN(C(=O)c3ccccc3OC(F)F)CC2)cc1. The lowest BCUT2D eigenvalue weighted by molar-refractivity contribution is -0.131. The van der Waals surface area contributed by atoms with Gasteiger partial charge in [0.05, 0.1) is 12.0 Å². The van der Waals surface area contributed by atoms with Crippen LogP contribution in [0.4, 0.5) is 14.5 Å². The van der Waals surface area contributed by atoms with Crippen LogP contribution in [0.1, 0.15) is 15.9 Å². The summed E-state index contributed by atoms with van der Waals surface area (Å²) in [5, 5.41) is 0.